The molecule has 9 heteroatoms. The Hall–Kier alpha value is -1.32. The molecule has 20 heavy (non-hydrogen) atoms. The fourth-order valence-electron chi connectivity index (χ4n) is 1.29. The lowest BCUT2D eigenvalue weighted by atomic mass is 10.2. The number of ether oxygens (including phenoxy) is 2. The van der Waals surface area contributed by atoms with E-state index in [0.717, 1.165) is 6.07 Å². The van der Waals surface area contributed by atoms with Crippen molar-refractivity contribution in [2.24, 2.45) is 5.73 Å². The first-order chi connectivity index (χ1) is 9.23. The minimum atomic E-state index is -4.87. The van der Waals surface area contributed by atoms with Crippen molar-refractivity contribution in [3.05, 3.63) is 22.7 Å². The Balaban J connectivity index is 2.91. The summed E-state index contributed by atoms with van der Waals surface area (Å²) < 4.78 is 45.7. The van der Waals surface area contributed by atoms with Gasteiger partial charge in [0.1, 0.15) is 6.04 Å². The quantitative estimate of drug-likeness (QED) is 0.848. The van der Waals surface area contributed by atoms with Gasteiger partial charge in [-0.1, -0.05) is 15.9 Å². The van der Waals surface area contributed by atoms with Crippen molar-refractivity contribution in [1.29, 1.82) is 0 Å². The predicted octanol–water partition coefficient (Wildman–Crippen LogP) is 2.26. The summed E-state index contributed by atoms with van der Waals surface area (Å²) in [5, 5.41) is 2.26. The lowest BCUT2D eigenvalue weighted by molar-refractivity contribution is -0.274. The Morgan fingerprint density at radius 1 is 1.50 bits per heavy atom. The first kappa shape index (κ1) is 16.7. The summed E-state index contributed by atoms with van der Waals surface area (Å²) in [7, 11) is 1.35. The highest BCUT2D eigenvalue weighted by molar-refractivity contribution is 9.10. The van der Waals surface area contributed by atoms with E-state index in [0.29, 0.717) is 4.47 Å². The van der Waals surface area contributed by atoms with E-state index in [1.165, 1.54) is 19.2 Å². The molecular formula is C11H12BrF3N2O3. The number of carbonyl (C=O) groups excluding carboxylic acids is 1. The minimum absolute atomic E-state index is 0.0577. The van der Waals surface area contributed by atoms with Gasteiger partial charge in [-0.05, 0) is 18.2 Å². The summed E-state index contributed by atoms with van der Waals surface area (Å²) >= 11 is 3.02. The van der Waals surface area contributed by atoms with Crippen molar-refractivity contribution >= 4 is 27.5 Å². The lowest BCUT2D eigenvalue weighted by Gasteiger charge is -2.16. The Labute approximate surface area is 121 Å². The zero-order valence-electron chi connectivity index (χ0n) is 10.3. The molecule has 0 aliphatic heterocycles. The first-order valence-corrected chi connectivity index (χ1v) is 6.13. The molecule has 1 unspecified atom stereocenters. The van der Waals surface area contributed by atoms with E-state index in [9.17, 15) is 18.0 Å². The number of amides is 1. The topological polar surface area (TPSA) is 73.6 Å². The molecule has 0 aliphatic rings. The second kappa shape index (κ2) is 6.91. The summed E-state index contributed by atoms with van der Waals surface area (Å²) in [5.74, 6) is -1.22. The van der Waals surface area contributed by atoms with Gasteiger partial charge in [-0.25, -0.2) is 0 Å². The van der Waals surface area contributed by atoms with E-state index in [4.69, 9.17) is 5.73 Å². The van der Waals surface area contributed by atoms with Gasteiger partial charge in [0.2, 0.25) is 5.91 Å². The van der Waals surface area contributed by atoms with Crippen LogP contribution in [0.3, 0.4) is 0 Å². The molecule has 0 heterocycles. The second-order valence-electron chi connectivity index (χ2n) is 3.74. The highest BCUT2D eigenvalue weighted by atomic mass is 79.9. The fourth-order valence-corrected chi connectivity index (χ4v) is 1.63. The average Bonchev–Trinajstić information content (AvgIpc) is 2.30. The molecule has 1 rings (SSSR count). The summed E-state index contributed by atoms with van der Waals surface area (Å²) in [6.45, 7) is -0.0577. The van der Waals surface area contributed by atoms with Crippen LogP contribution in [0.1, 0.15) is 0 Å². The third-order valence-electron chi connectivity index (χ3n) is 2.11. The number of hydrogen-bond donors (Lipinski definition) is 2. The molecule has 112 valence electrons. The molecule has 1 atom stereocenters. The van der Waals surface area contributed by atoms with Crippen molar-refractivity contribution in [3.63, 3.8) is 0 Å². The van der Waals surface area contributed by atoms with E-state index in [-0.39, 0.29) is 12.3 Å². The molecule has 0 spiro atoms. The van der Waals surface area contributed by atoms with E-state index < -0.39 is 24.1 Å². The van der Waals surface area contributed by atoms with Crippen LogP contribution in [-0.2, 0) is 9.53 Å². The van der Waals surface area contributed by atoms with Gasteiger partial charge in [-0.2, -0.15) is 0 Å². The summed E-state index contributed by atoms with van der Waals surface area (Å²) in [4.78, 5) is 11.6. The van der Waals surface area contributed by atoms with Crippen molar-refractivity contribution in [1.82, 2.24) is 0 Å². The smallest absolute Gasteiger partial charge is 0.404 e. The van der Waals surface area contributed by atoms with Crippen LogP contribution in [0.5, 0.6) is 5.75 Å². The van der Waals surface area contributed by atoms with Gasteiger partial charge < -0.3 is 20.5 Å². The van der Waals surface area contributed by atoms with E-state index >= 15 is 0 Å². The van der Waals surface area contributed by atoms with Gasteiger partial charge in [-0.15, -0.1) is 13.2 Å². The van der Waals surface area contributed by atoms with Gasteiger partial charge in [0.25, 0.3) is 0 Å². The van der Waals surface area contributed by atoms with Crippen LogP contribution < -0.4 is 15.8 Å². The van der Waals surface area contributed by atoms with Gasteiger partial charge >= 0.3 is 6.36 Å². The molecule has 0 saturated heterocycles. The lowest BCUT2D eigenvalue weighted by Crippen LogP contribution is -2.39. The molecule has 0 radical (unpaired) electrons. The zero-order valence-corrected chi connectivity index (χ0v) is 11.9. The largest absolute Gasteiger partial charge is 0.573 e. The van der Waals surface area contributed by atoms with Crippen molar-refractivity contribution < 1.29 is 27.4 Å². The molecule has 0 aromatic heterocycles. The van der Waals surface area contributed by atoms with E-state index in [1.54, 1.807) is 0 Å². The molecule has 0 aliphatic carbocycles. The molecular weight excluding hydrogens is 345 g/mol. The van der Waals surface area contributed by atoms with Gasteiger partial charge in [0, 0.05) is 11.6 Å². The molecule has 3 N–H and O–H groups in total. The predicted molar refractivity (Wildman–Crippen MR) is 69.3 cm³/mol. The Morgan fingerprint density at radius 2 is 2.15 bits per heavy atom. The SMILES string of the molecule is COCC(N)C(=O)Nc1ccc(Br)cc1OC(F)(F)F. The van der Waals surface area contributed by atoms with E-state index in [1.807, 2.05) is 0 Å². The standard InChI is InChI=1S/C11H12BrF3N2O3/c1-19-5-7(16)10(18)17-8-3-2-6(12)4-9(8)20-11(13,14)15/h2-4,7H,5,16H2,1H3,(H,17,18). The van der Waals surface area contributed by atoms with Crippen LogP contribution in [0.15, 0.2) is 22.7 Å². The number of methoxy groups -OCH3 is 1. The van der Waals surface area contributed by atoms with Crippen LogP contribution >= 0.6 is 15.9 Å². The fraction of sp³-hybridized carbons (Fsp3) is 0.364. The Morgan fingerprint density at radius 3 is 2.70 bits per heavy atom. The van der Waals surface area contributed by atoms with Crippen molar-refractivity contribution in [3.8, 4) is 5.75 Å². The number of alkyl halides is 3. The van der Waals surface area contributed by atoms with Crippen LogP contribution in [0.4, 0.5) is 18.9 Å². The number of rotatable bonds is 5. The summed E-state index contributed by atoms with van der Waals surface area (Å²) in [6.07, 6.45) is -4.87. The highest BCUT2D eigenvalue weighted by Gasteiger charge is 2.32. The third-order valence-corrected chi connectivity index (χ3v) is 2.60. The van der Waals surface area contributed by atoms with Gasteiger partial charge in [-0.3, -0.25) is 4.79 Å². The van der Waals surface area contributed by atoms with Crippen LogP contribution in [0, 0.1) is 0 Å². The van der Waals surface area contributed by atoms with Crippen LogP contribution in [0.2, 0.25) is 0 Å². The second-order valence-corrected chi connectivity index (χ2v) is 4.66. The average molecular weight is 357 g/mol. The van der Waals surface area contributed by atoms with Gasteiger partial charge in [0.15, 0.2) is 5.75 Å². The minimum Gasteiger partial charge on any atom is -0.404 e. The number of anilines is 1. The molecule has 0 bridgehead atoms. The molecule has 1 amide bonds. The molecule has 0 saturated carbocycles. The molecule has 1 aromatic rings. The van der Waals surface area contributed by atoms with Crippen molar-refractivity contribution in [2.45, 2.75) is 12.4 Å². The Kier molecular flexibility index (Phi) is 5.78. The molecule has 1 aromatic carbocycles. The first-order valence-electron chi connectivity index (χ1n) is 5.33. The third kappa shape index (κ3) is 5.35. The number of nitrogens with two attached hydrogens (primary N) is 1. The number of benzene rings is 1. The maximum atomic E-state index is 12.3. The Bertz CT molecular complexity index is 482. The monoisotopic (exact) mass is 356 g/mol. The van der Waals surface area contributed by atoms with Crippen molar-refractivity contribution in [2.75, 3.05) is 19.0 Å². The van der Waals surface area contributed by atoms with Crippen LogP contribution in [-0.4, -0.2) is 32.0 Å². The highest BCUT2D eigenvalue weighted by Crippen LogP contribution is 2.32. The maximum Gasteiger partial charge on any atom is 0.573 e. The summed E-state index contributed by atoms with van der Waals surface area (Å²) in [6, 6.07) is 2.82. The maximum absolute atomic E-state index is 12.3. The zero-order chi connectivity index (χ0) is 15.3. The van der Waals surface area contributed by atoms with Gasteiger partial charge in [0.05, 0.1) is 12.3 Å². The van der Waals surface area contributed by atoms with E-state index in [2.05, 4.69) is 30.7 Å². The summed E-state index contributed by atoms with van der Waals surface area (Å²) in [5.41, 5.74) is 5.34. The van der Waals surface area contributed by atoms with Crippen LogP contribution in [0.25, 0.3) is 0 Å². The molecule has 5 nitrogen and oxygen atoms in total. The normalized spacial score (nSPS) is 12.9. The number of nitrogens with one attached hydrogen (secondary N) is 1. The molecule has 0 fully saturated rings. The number of hydrogen-bond acceptors (Lipinski definition) is 4. The number of halogens is 4. The number of carbonyl (C=O) groups is 1.